The van der Waals surface area contributed by atoms with Crippen LogP contribution in [0.15, 0.2) is 200 Å². The van der Waals surface area contributed by atoms with Crippen LogP contribution in [-0.4, -0.2) is 65.6 Å². The number of hydrogen-bond acceptors (Lipinski definition) is 13. The number of carbonyl (C=O) groups excluding carboxylic acids is 2. The second-order valence-corrected chi connectivity index (χ2v) is 24.2. The van der Waals surface area contributed by atoms with Crippen LogP contribution in [0, 0.1) is 55.4 Å². The van der Waals surface area contributed by atoms with Crippen molar-refractivity contribution in [2.24, 2.45) is 20.0 Å². The average molecular weight is 1230 g/mol. The summed E-state index contributed by atoms with van der Waals surface area (Å²) in [5.41, 5.74) is 21.3. The largest absolute Gasteiger partial charge is 0.508 e. The summed E-state index contributed by atoms with van der Waals surface area (Å²) in [6, 6.07) is 54.6. The number of benzene rings is 6. The second-order valence-electron chi connectivity index (χ2n) is 23.2. The predicted octanol–water partition coefficient (Wildman–Crippen LogP) is 19.9. The van der Waals surface area contributed by atoms with E-state index in [4.69, 9.17) is 4.99 Å². The van der Waals surface area contributed by atoms with Gasteiger partial charge < -0.3 is 10.2 Å². The number of nitrogens with zero attached hydrogens (tertiary/aromatic N) is 8. The van der Waals surface area contributed by atoms with Crippen LogP contribution in [0.4, 0.5) is 22.7 Å². The molecule has 0 saturated heterocycles. The van der Waals surface area contributed by atoms with Crippen molar-refractivity contribution in [3.8, 4) is 11.5 Å². The molecule has 0 radical (unpaired) electrons. The molecule has 2 N–H and O–H groups in total. The van der Waals surface area contributed by atoms with E-state index in [1.165, 1.54) is 46.6 Å². The lowest BCUT2D eigenvalue weighted by Crippen LogP contribution is -2.04. The molecule has 0 bridgehead atoms. The maximum Gasteiger partial charge on any atom is 0.178 e. The van der Waals surface area contributed by atoms with E-state index in [1.54, 1.807) is 54.4 Å². The Labute approximate surface area is 541 Å². The van der Waals surface area contributed by atoms with E-state index in [2.05, 4.69) is 126 Å². The third kappa shape index (κ3) is 19.1. The van der Waals surface area contributed by atoms with Gasteiger partial charge in [-0.25, -0.2) is 15.0 Å². The van der Waals surface area contributed by atoms with Crippen molar-refractivity contribution in [1.29, 1.82) is 0 Å². The van der Waals surface area contributed by atoms with Gasteiger partial charge in [0.15, 0.2) is 11.6 Å². The van der Waals surface area contributed by atoms with Crippen LogP contribution in [0.2, 0.25) is 0 Å². The number of aromatic hydroxyl groups is 2. The Hall–Kier alpha value is -9.85. The summed E-state index contributed by atoms with van der Waals surface area (Å²) in [5.74, 6) is 1.13. The van der Waals surface area contributed by atoms with Gasteiger partial charge in [-0.05, 0) is 198 Å². The number of para-hydroxylation sites is 4. The molecule has 0 aliphatic rings. The van der Waals surface area contributed by atoms with Gasteiger partial charge in [0.2, 0.25) is 0 Å². The molecule has 0 aliphatic carbocycles. The molecule has 6 aromatic carbocycles. The molecule has 0 atom stereocenters. The fourth-order valence-electron chi connectivity index (χ4n) is 10.1. The smallest absolute Gasteiger partial charge is 0.178 e. The molecule has 10 rings (SSSR count). The molecule has 0 fully saturated rings. The molecule has 0 aliphatic heterocycles. The van der Waals surface area contributed by atoms with Gasteiger partial charge in [-0.15, -0.1) is 0 Å². The predicted molar refractivity (Wildman–Crippen MR) is 378 cm³/mol. The highest BCUT2D eigenvalue weighted by molar-refractivity contribution is 7.99. The Balaban J connectivity index is 0.000000173. The van der Waals surface area contributed by atoms with Crippen molar-refractivity contribution in [3.05, 3.63) is 260 Å². The lowest BCUT2D eigenvalue weighted by Gasteiger charge is -2.16. The summed E-state index contributed by atoms with van der Waals surface area (Å²) in [5, 5.41) is 20.5. The highest BCUT2D eigenvalue weighted by Gasteiger charge is 2.15. The van der Waals surface area contributed by atoms with Crippen molar-refractivity contribution in [1.82, 2.24) is 19.9 Å². The van der Waals surface area contributed by atoms with E-state index in [0.29, 0.717) is 34.4 Å². The lowest BCUT2D eigenvalue weighted by atomic mass is 9.93. The molecule has 4 aromatic heterocycles. The number of fused-ring (bicyclic) bond motifs is 1. The Kier molecular flexibility index (Phi) is 24.2. The van der Waals surface area contributed by atoms with Crippen molar-refractivity contribution in [2.45, 2.75) is 132 Å². The SMILES string of the molecule is CC(=O)c1cccc(C(C)=Nc2c(C)cc(O)cc2C)n1.CC(=O)c1cccc(C(C)=Nc2c(C)cccc2C)n1.CC(C)c1cccc(C(C)C)c1N=Cc1ccc2cccc(O)c2n1.Cc1cc(C)c(Sc2ccccc2N=Cc2cccc(C)n2)c(C)c1. The van der Waals surface area contributed by atoms with Gasteiger partial charge in [0.1, 0.15) is 28.4 Å². The molecular formula is C78H82N8O4S. The Morgan fingerprint density at radius 2 is 0.934 bits per heavy atom. The minimum atomic E-state index is -0.0679. The highest BCUT2D eigenvalue weighted by atomic mass is 32.2. The van der Waals surface area contributed by atoms with Crippen LogP contribution in [0.3, 0.4) is 0 Å². The fourth-order valence-corrected chi connectivity index (χ4v) is 11.1. The zero-order valence-corrected chi connectivity index (χ0v) is 56.0. The lowest BCUT2D eigenvalue weighted by molar-refractivity contribution is 0.100. The number of phenolic OH excluding ortho intramolecular Hbond substituents is 2. The second kappa shape index (κ2) is 32.1. The number of aryl methyl sites for hydroxylation is 8. The number of ketones is 2. The van der Waals surface area contributed by atoms with E-state index in [0.717, 1.165) is 89.5 Å². The fraction of sp³-hybridized carbons (Fsp3) is 0.231. The van der Waals surface area contributed by atoms with Crippen molar-refractivity contribution in [2.75, 3.05) is 0 Å². The first-order valence-electron chi connectivity index (χ1n) is 30.4. The van der Waals surface area contributed by atoms with Gasteiger partial charge in [-0.3, -0.25) is 34.5 Å². The number of Topliss-reactive ketones (excluding diaryl/α,β-unsaturated/α-hetero) is 2. The minimum absolute atomic E-state index is 0.0354. The summed E-state index contributed by atoms with van der Waals surface area (Å²) in [7, 11) is 0. The number of carbonyl (C=O) groups is 2. The molecular weight excluding hydrogens is 1140 g/mol. The number of phenols is 2. The van der Waals surface area contributed by atoms with E-state index in [-0.39, 0.29) is 23.1 Å². The first-order chi connectivity index (χ1) is 43.4. The van der Waals surface area contributed by atoms with Crippen LogP contribution in [0.1, 0.15) is 167 Å². The zero-order valence-electron chi connectivity index (χ0n) is 55.2. The number of pyridine rings is 4. The molecule has 0 amide bonds. The Bertz CT molecular complexity index is 4300. The monoisotopic (exact) mass is 1230 g/mol. The van der Waals surface area contributed by atoms with Crippen LogP contribution < -0.4 is 0 Å². The van der Waals surface area contributed by atoms with E-state index in [1.807, 2.05) is 146 Å². The van der Waals surface area contributed by atoms with Crippen LogP contribution in [0.25, 0.3) is 10.9 Å². The normalized spacial score (nSPS) is 11.5. The number of aliphatic imine (C=N–C) groups is 4. The number of hydrogen-bond donors (Lipinski definition) is 2. The number of aromatic nitrogens is 4. The molecule has 464 valence electrons. The topological polar surface area (TPSA) is 176 Å². The quantitative estimate of drug-likeness (QED) is 0.0793. The molecule has 13 heteroatoms. The molecule has 0 spiro atoms. The summed E-state index contributed by atoms with van der Waals surface area (Å²) >= 11 is 1.78. The summed E-state index contributed by atoms with van der Waals surface area (Å²) in [4.78, 5) is 61.7. The first kappa shape index (κ1) is 68.6. The molecule has 4 heterocycles. The highest BCUT2D eigenvalue weighted by Crippen LogP contribution is 2.39. The van der Waals surface area contributed by atoms with Gasteiger partial charge in [0.25, 0.3) is 0 Å². The van der Waals surface area contributed by atoms with Crippen molar-refractivity contribution < 1.29 is 19.8 Å². The van der Waals surface area contributed by atoms with Crippen LogP contribution >= 0.6 is 11.8 Å². The summed E-state index contributed by atoms with van der Waals surface area (Å²) < 4.78 is 0. The van der Waals surface area contributed by atoms with Crippen molar-refractivity contribution >= 4 is 80.8 Å². The Morgan fingerprint density at radius 1 is 0.451 bits per heavy atom. The standard InChI is InChI=1S/C22H24N2O.C22H22N2S.C17H18N2O2.C17H18N2O/c1-14(2)18-8-6-9-19(15(3)4)22(18)23-13-17-12-11-16-7-5-10-20(25)21(16)24-17;1-15-12-16(2)22(17(3)13-15)25-21-11-6-5-10-20(21)23-14-19-9-7-8-18(4)24-19;1-10-8-14(21)9-11(2)17(10)18-12(3)15-6-5-7-16(19-15)13(4)20;1-11-7-5-8-12(2)17(11)18-13(3)15-9-6-10-16(19-15)14(4)20/h5-15,25H,1-4H3;5-14H,1-4H3;5-9,21H,1-4H3;5-10H,1-4H3. The molecule has 12 nitrogen and oxygen atoms in total. The van der Waals surface area contributed by atoms with E-state index < -0.39 is 0 Å². The summed E-state index contributed by atoms with van der Waals surface area (Å²) in [6.07, 6.45) is 3.63. The van der Waals surface area contributed by atoms with Crippen LogP contribution in [0.5, 0.6) is 11.5 Å². The molecule has 91 heavy (non-hydrogen) atoms. The zero-order chi connectivity index (χ0) is 66.1. The van der Waals surface area contributed by atoms with Gasteiger partial charge >= 0.3 is 0 Å². The van der Waals surface area contributed by atoms with Crippen molar-refractivity contribution in [3.63, 3.8) is 0 Å². The Morgan fingerprint density at radius 3 is 1.48 bits per heavy atom. The first-order valence-corrected chi connectivity index (χ1v) is 31.2. The van der Waals surface area contributed by atoms with Gasteiger partial charge in [0.05, 0.1) is 69.4 Å². The maximum absolute atomic E-state index is 11.4. The van der Waals surface area contributed by atoms with E-state index >= 15 is 0 Å². The molecule has 10 aromatic rings. The summed E-state index contributed by atoms with van der Waals surface area (Å²) in [6.45, 7) is 31.9. The third-order valence-electron chi connectivity index (χ3n) is 14.8. The van der Waals surface area contributed by atoms with Gasteiger partial charge in [0, 0.05) is 34.7 Å². The number of rotatable bonds is 14. The third-order valence-corrected chi connectivity index (χ3v) is 16.2. The van der Waals surface area contributed by atoms with E-state index in [9.17, 15) is 19.8 Å². The minimum Gasteiger partial charge on any atom is -0.508 e. The maximum atomic E-state index is 11.4. The molecule has 0 saturated carbocycles. The van der Waals surface area contributed by atoms with Crippen LogP contribution in [-0.2, 0) is 0 Å². The average Bonchev–Trinajstić information content (AvgIpc) is 3.58. The van der Waals surface area contributed by atoms with Gasteiger partial charge in [-0.1, -0.05) is 142 Å². The van der Waals surface area contributed by atoms with Gasteiger partial charge in [-0.2, -0.15) is 0 Å². The molecule has 0 unspecified atom stereocenters.